The third-order valence-corrected chi connectivity index (χ3v) is 2.54. The Morgan fingerprint density at radius 2 is 2.11 bits per heavy atom. The van der Waals surface area contributed by atoms with E-state index in [1.165, 1.54) is 0 Å². The van der Waals surface area contributed by atoms with Gasteiger partial charge in [-0.05, 0) is 30.2 Å². The van der Waals surface area contributed by atoms with Crippen LogP contribution in [0.2, 0.25) is 0 Å². The van der Waals surface area contributed by atoms with Gasteiger partial charge in [0, 0.05) is 13.0 Å². The van der Waals surface area contributed by atoms with E-state index in [1.54, 1.807) is 14.2 Å². The fourth-order valence-corrected chi connectivity index (χ4v) is 1.61. The summed E-state index contributed by atoms with van der Waals surface area (Å²) >= 11 is 0. The molecule has 0 fully saturated rings. The predicted octanol–water partition coefficient (Wildman–Crippen LogP) is 0.745. The molecule has 0 aliphatic heterocycles. The first kappa shape index (κ1) is 14.3. The molecule has 0 saturated heterocycles. The summed E-state index contributed by atoms with van der Waals surface area (Å²) < 4.78 is 10.4. The minimum atomic E-state index is -0.0890. The molecular weight excluding hydrogens is 234 g/mol. The van der Waals surface area contributed by atoms with Crippen molar-refractivity contribution >= 4 is 5.91 Å². The minimum absolute atomic E-state index is 0.0474. The molecule has 1 rings (SSSR count). The van der Waals surface area contributed by atoms with Gasteiger partial charge in [0.25, 0.3) is 0 Å². The van der Waals surface area contributed by atoms with Crippen molar-refractivity contribution in [2.45, 2.75) is 12.8 Å². The molecule has 0 bridgehead atoms. The zero-order chi connectivity index (χ0) is 13.4. The lowest BCUT2D eigenvalue weighted by Gasteiger charge is -2.10. The van der Waals surface area contributed by atoms with Crippen molar-refractivity contribution in [3.05, 3.63) is 23.8 Å². The van der Waals surface area contributed by atoms with Crippen LogP contribution in [-0.4, -0.2) is 38.4 Å². The average molecular weight is 253 g/mol. The standard InChI is InChI=1S/C13H19NO4/c1-17-11-4-5-12(18-2)10(9-11)3-6-13(16)14-7-8-15/h4-5,9,15H,3,6-8H2,1-2H3,(H,14,16). The highest BCUT2D eigenvalue weighted by Gasteiger charge is 2.07. The second-order valence-electron chi connectivity index (χ2n) is 3.75. The van der Waals surface area contributed by atoms with Crippen molar-refractivity contribution in [3.8, 4) is 11.5 Å². The molecule has 2 N–H and O–H groups in total. The molecule has 0 atom stereocenters. The van der Waals surface area contributed by atoms with Gasteiger partial charge in [0.2, 0.25) is 5.91 Å². The molecule has 18 heavy (non-hydrogen) atoms. The van der Waals surface area contributed by atoms with Gasteiger partial charge in [0.1, 0.15) is 11.5 Å². The van der Waals surface area contributed by atoms with Gasteiger partial charge in [-0.3, -0.25) is 4.79 Å². The molecule has 0 radical (unpaired) electrons. The van der Waals surface area contributed by atoms with Crippen LogP contribution in [-0.2, 0) is 11.2 Å². The largest absolute Gasteiger partial charge is 0.497 e. The molecule has 0 saturated carbocycles. The number of benzene rings is 1. The van der Waals surface area contributed by atoms with Gasteiger partial charge in [-0.2, -0.15) is 0 Å². The normalized spacial score (nSPS) is 9.94. The number of aryl methyl sites for hydroxylation is 1. The van der Waals surface area contributed by atoms with E-state index < -0.39 is 0 Å². The number of aliphatic hydroxyl groups is 1. The monoisotopic (exact) mass is 253 g/mol. The van der Waals surface area contributed by atoms with Gasteiger partial charge in [-0.1, -0.05) is 0 Å². The molecule has 0 spiro atoms. The van der Waals surface area contributed by atoms with E-state index in [1.807, 2.05) is 18.2 Å². The van der Waals surface area contributed by atoms with Gasteiger partial charge < -0.3 is 19.9 Å². The van der Waals surface area contributed by atoms with Crippen LogP contribution >= 0.6 is 0 Å². The van der Waals surface area contributed by atoms with Crippen LogP contribution in [0.25, 0.3) is 0 Å². The van der Waals surface area contributed by atoms with Crippen molar-refractivity contribution in [1.29, 1.82) is 0 Å². The number of amides is 1. The molecule has 1 amide bonds. The van der Waals surface area contributed by atoms with Crippen molar-refractivity contribution < 1.29 is 19.4 Å². The summed E-state index contributed by atoms with van der Waals surface area (Å²) in [6.07, 6.45) is 0.918. The fraction of sp³-hybridized carbons (Fsp3) is 0.462. The quantitative estimate of drug-likeness (QED) is 0.752. The molecular formula is C13H19NO4. The number of carbonyl (C=O) groups is 1. The van der Waals surface area contributed by atoms with Crippen molar-refractivity contribution in [3.63, 3.8) is 0 Å². The van der Waals surface area contributed by atoms with Crippen LogP contribution in [0.5, 0.6) is 11.5 Å². The molecule has 0 heterocycles. The van der Waals surface area contributed by atoms with E-state index in [9.17, 15) is 4.79 Å². The van der Waals surface area contributed by atoms with E-state index in [0.717, 1.165) is 17.1 Å². The van der Waals surface area contributed by atoms with Gasteiger partial charge >= 0.3 is 0 Å². The van der Waals surface area contributed by atoms with Crippen molar-refractivity contribution in [2.75, 3.05) is 27.4 Å². The highest BCUT2D eigenvalue weighted by atomic mass is 16.5. The SMILES string of the molecule is COc1ccc(OC)c(CCC(=O)NCCO)c1. The van der Waals surface area contributed by atoms with E-state index in [4.69, 9.17) is 14.6 Å². The first-order valence-electron chi connectivity index (χ1n) is 5.79. The number of hydrogen-bond acceptors (Lipinski definition) is 4. The summed E-state index contributed by atoms with van der Waals surface area (Å²) in [7, 11) is 3.19. The second kappa shape index (κ2) is 7.55. The Kier molecular flexibility index (Phi) is 6.00. The maximum Gasteiger partial charge on any atom is 0.220 e. The van der Waals surface area contributed by atoms with Crippen LogP contribution in [0.1, 0.15) is 12.0 Å². The Balaban J connectivity index is 2.62. The lowest BCUT2D eigenvalue weighted by Crippen LogP contribution is -2.26. The molecule has 0 unspecified atom stereocenters. The summed E-state index contributed by atoms with van der Waals surface area (Å²) in [5, 5.41) is 11.2. The van der Waals surface area contributed by atoms with E-state index in [2.05, 4.69) is 5.32 Å². The Hall–Kier alpha value is -1.75. The summed E-state index contributed by atoms with van der Waals surface area (Å²) in [4.78, 5) is 11.4. The average Bonchev–Trinajstić information content (AvgIpc) is 2.42. The molecule has 100 valence electrons. The van der Waals surface area contributed by atoms with Gasteiger partial charge in [-0.25, -0.2) is 0 Å². The molecule has 5 heteroatoms. The molecule has 0 aliphatic rings. The molecule has 1 aromatic rings. The van der Waals surface area contributed by atoms with E-state index in [-0.39, 0.29) is 19.1 Å². The molecule has 0 aromatic heterocycles. The number of rotatable bonds is 7. The highest BCUT2D eigenvalue weighted by Crippen LogP contribution is 2.24. The lowest BCUT2D eigenvalue weighted by molar-refractivity contribution is -0.121. The number of ether oxygens (including phenoxy) is 2. The summed E-state index contributed by atoms with van der Waals surface area (Å²) in [5.74, 6) is 1.39. The number of nitrogens with one attached hydrogen (secondary N) is 1. The number of aliphatic hydroxyl groups excluding tert-OH is 1. The highest BCUT2D eigenvalue weighted by molar-refractivity contribution is 5.76. The minimum Gasteiger partial charge on any atom is -0.497 e. The number of methoxy groups -OCH3 is 2. The van der Waals surface area contributed by atoms with Crippen LogP contribution in [0.4, 0.5) is 0 Å². The molecule has 5 nitrogen and oxygen atoms in total. The first-order chi connectivity index (χ1) is 8.71. The fourth-order valence-electron chi connectivity index (χ4n) is 1.61. The third kappa shape index (κ3) is 4.25. The predicted molar refractivity (Wildman–Crippen MR) is 68.0 cm³/mol. The van der Waals surface area contributed by atoms with Crippen LogP contribution < -0.4 is 14.8 Å². The lowest BCUT2D eigenvalue weighted by atomic mass is 10.1. The van der Waals surface area contributed by atoms with Gasteiger partial charge in [-0.15, -0.1) is 0 Å². The zero-order valence-corrected chi connectivity index (χ0v) is 10.7. The van der Waals surface area contributed by atoms with Gasteiger partial charge in [0.15, 0.2) is 0 Å². The number of carbonyl (C=O) groups excluding carboxylic acids is 1. The maximum absolute atomic E-state index is 11.4. The summed E-state index contributed by atoms with van der Waals surface area (Å²) in [6, 6.07) is 5.49. The van der Waals surface area contributed by atoms with Crippen molar-refractivity contribution in [2.24, 2.45) is 0 Å². The van der Waals surface area contributed by atoms with Crippen LogP contribution in [0.3, 0.4) is 0 Å². The second-order valence-corrected chi connectivity index (χ2v) is 3.75. The zero-order valence-electron chi connectivity index (χ0n) is 10.7. The topological polar surface area (TPSA) is 67.8 Å². The van der Waals surface area contributed by atoms with Crippen LogP contribution in [0, 0.1) is 0 Å². The summed E-state index contributed by atoms with van der Waals surface area (Å²) in [5.41, 5.74) is 0.927. The third-order valence-electron chi connectivity index (χ3n) is 2.54. The smallest absolute Gasteiger partial charge is 0.220 e. The first-order valence-corrected chi connectivity index (χ1v) is 5.79. The Labute approximate surface area is 107 Å². The van der Waals surface area contributed by atoms with E-state index in [0.29, 0.717) is 12.8 Å². The Bertz CT molecular complexity index is 393. The van der Waals surface area contributed by atoms with Crippen molar-refractivity contribution in [1.82, 2.24) is 5.32 Å². The van der Waals surface area contributed by atoms with E-state index >= 15 is 0 Å². The maximum atomic E-state index is 11.4. The Morgan fingerprint density at radius 1 is 1.33 bits per heavy atom. The number of hydrogen-bond donors (Lipinski definition) is 2. The molecule has 0 aliphatic carbocycles. The van der Waals surface area contributed by atoms with Crippen LogP contribution in [0.15, 0.2) is 18.2 Å². The Morgan fingerprint density at radius 3 is 2.72 bits per heavy atom. The summed E-state index contributed by atoms with van der Waals surface area (Å²) in [6.45, 7) is 0.238. The molecule has 1 aromatic carbocycles. The van der Waals surface area contributed by atoms with Gasteiger partial charge in [0.05, 0.1) is 20.8 Å².